The quantitative estimate of drug-likeness (QED) is 0.792. The van der Waals surface area contributed by atoms with Crippen LogP contribution in [-0.2, 0) is 10.0 Å². The van der Waals surface area contributed by atoms with Gasteiger partial charge in [-0.3, -0.25) is 9.89 Å². The Bertz CT molecular complexity index is 791. The van der Waals surface area contributed by atoms with E-state index in [1.807, 2.05) is 0 Å². The summed E-state index contributed by atoms with van der Waals surface area (Å²) in [6, 6.07) is 2.54. The second-order valence-electron chi connectivity index (χ2n) is 4.50. The molecule has 2 rings (SSSR count). The standard InChI is InChI=1S/C12H13ClN4O3S/c1-6-3-8(21(14,19)20)4-10(13)11(6)16-12(18)9-5-15-17-7(9)2/h3-5H,1-2H3,(H,15,17)(H,16,18)(H2,14,19,20). The number of halogens is 1. The largest absolute Gasteiger partial charge is 0.320 e. The van der Waals surface area contributed by atoms with Crippen LogP contribution >= 0.6 is 11.6 Å². The molecule has 0 aliphatic heterocycles. The first-order valence-corrected chi connectivity index (χ1v) is 7.77. The van der Waals surface area contributed by atoms with Gasteiger partial charge in [0, 0.05) is 5.69 Å². The lowest BCUT2D eigenvalue weighted by Gasteiger charge is -2.11. The van der Waals surface area contributed by atoms with E-state index in [0.717, 1.165) is 0 Å². The summed E-state index contributed by atoms with van der Waals surface area (Å²) in [4.78, 5) is 12.0. The first-order chi connectivity index (χ1) is 9.70. The number of sulfonamides is 1. The van der Waals surface area contributed by atoms with E-state index in [4.69, 9.17) is 16.7 Å². The van der Waals surface area contributed by atoms with Crippen LogP contribution in [0, 0.1) is 13.8 Å². The zero-order valence-electron chi connectivity index (χ0n) is 11.3. The Morgan fingerprint density at radius 3 is 2.52 bits per heavy atom. The molecule has 0 radical (unpaired) electrons. The van der Waals surface area contributed by atoms with Crippen LogP contribution in [0.25, 0.3) is 0 Å². The van der Waals surface area contributed by atoms with E-state index >= 15 is 0 Å². The molecule has 9 heteroatoms. The van der Waals surface area contributed by atoms with Gasteiger partial charge in [0.05, 0.1) is 27.4 Å². The van der Waals surface area contributed by atoms with Crippen LogP contribution in [0.1, 0.15) is 21.6 Å². The summed E-state index contributed by atoms with van der Waals surface area (Å²) in [5.74, 6) is -0.394. The number of carbonyl (C=O) groups is 1. The summed E-state index contributed by atoms with van der Waals surface area (Å²) in [5, 5.41) is 14.2. The molecule has 0 unspecified atom stereocenters. The molecule has 112 valence electrons. The van der Waals surface area contributed by atoms with E-state index in [1.54, 1.807) is 13.8 Å². The molecule has 0 saturated heterocycles. The third-order valence-corrected chi connectivity index (χ3v) is 4.09. The average Bonchev–Trinajstić information content (AvgIpc) is 2.78. The SMILES string of the molecule is Cc1cc(S(N)(=O)=O)cc(Cl)c1NC(=O)c1cn[nH]c1C. The third kappa shape index (κ3) is 3.23. The van der Waals surface area contributed by atoms with Gasteiger partial charge in [0.25, 0.3) is 5.91 Å². The molecule has 0 bridgehead atoms. The fourth-order valence-electron chi connectivity index (χ4n) is 1.80. The van der Waals surface area contributed by atoms with Gasteiger partial charge in [0.15, 0.2) is 0 Å². The van der Waals surface area contributed by atoms with E-state index in [0.29, 0.717) is 22.5 Å². The number of H-pyrrole nitrogens is 1. The highest BCUT2D eigenvalue weighted by Gasteiger charge is 2.17. The van der Waals surface area contributed by atoms with Crippen molar-refractivity contribution in [2.24, 2.45) is 5.14 Å². The fourth-order valence-corrected chi connectivity index (χ4v) is 2.80. The van der Waals surface area contributed by atoms with Gasteiger partial charge >= 0.3 is 0 Å². The summed E-state index contributed by atoms with van der Waals surface area (Å²) in [6.07, 6.45) is 1.40. The number of benzene rings is 1. The number of nitrogens with one attached hydrogen (secondary N) is 2. The van der Waals surface area contributed by atoms with Gasteiger partial charge in [-0.05, 0) is 31.5 Å². The number of primary sulfonamides is 1. The van der Waals surface area contributed by atoms with Gasteiger partial charge in [0.1, 0.15) is 0 Å². The number of nitrogens with two attached hydrogens (primary N) is 1. The third-order valence-electron chi connectivity index (χ3n) is 2.90. The molecule has 1 aromatic heterocycles. The maximum atomic E-state index is 12.1. The fraction of sp³-hybridized carbons (Fsp3) is 0.167. The molecule has 2 aromatic rings. The molecule has 0 aliphatic rings. The Morgan fingerprint density at radius 1 is 1.38 bits per heavy atom. The van der Waals surface area contributed by atoms with Crippen molar-refractivity contribution in [2.45, 2.75) is 18.7 Å². The van der Waals surface area contributed by atoms with Gasteiger partial charge < -0.3 is 5.32 Å². The highest BCUT2D eigenvalue weighted by molar-refractivity contribution is 7.89. The van der Waals surface area contributed by atoms with Crippen molar-refractivity contribution in [1.29, 1.82) is 0 Å². The summed E-state index contributed by atoms with van der Waals surface area (Å²) < 4.78 is 22.6. The molecule has 0 fully saturated rings. The number of aromatic amines is 1. The highest BCUT2D eigenvalue weighted by Crippen LogP contribution is 2.29. The van der Waals surface area contributed by atoms with Gasteiger partial charge in [-0.15, -0.1) is 0 Å². The Hall–Kier alpha value is -1.90. The molecule has 1 amide bonds. The molecule has 21 heavy (non-hydrogen) atoms. The monoisotopic (exact) mass is 328 g/mol. The minimum absolute atomic E-state index is 0.0912. The Morgan fingerprint density at radius 2 is 2.05 bits per heavy atom. The highest BCUT2D eigenvalue weighted by atomic mass is 35.5. The molecular formula is C12H13ClN4O3S. The first-order valence-electron chi connectivity index (χ1n) is 5.84. The average molecular weight is 329 g/mol. The maximum Gasteiger partial charge on any atom is 0.259 e. The predicted octanol–water partition coefficient (Wildman–Crippen LogP) is 1.58. The van der Waals surface area contributed by atoms with Crippen LogP contribution in [0.4, 0.5) is 5.69 Å². The number of amides is 1. The van der Waals surface area contributed by atoms with Crippen LogP contribution in [0.5, 0.6) is 0 Å². The number of rotatable bonds is 3. The van der Waals surface area contributed by atoms with E-state index in [1.165, 1.54) is 18.3 Å². The molecule has 7 nitrogen and oxygen atoms in total. The van der Waals surface area contributed by atoms with Gasteiger partial charge in [0.2, 0.25) is 10.0 Å². The minimum atomic E-state index is -3.86. The predicted molar refractivity (Wildman–Crippen MR) is 78.8 cm³/mol. The molecule has 1 aromatic carbocycles. The number of anilines is 1. The maximum absolute atomic E-state index is 12.1. The molecule has 0 spiro atoms. The molecular weight excluding hydrogens is 316 g/mol. The lowest BCUT2D eigenvalue weighted by atomic mass is 10.2. The smallest absolute Gasteiger partial charge is 0.259 e. The minimum Gasteiger partial charge on any atom is -0.320 e. The van der Waals surface area contributed by atoms with Gasteiger partial charge in [-0.2, -0.15) is 5.10 Å². The van der Waals surface area contributed by atoms with Gasteiger partial charge in [-0.1, -0.05) is 11.6 Å². The van der Waals surface area contributed by atoms with Crippen LogP contribution < -0.4 is 10.5 Å². The topological polar surface area (TPSA) is 118 Å². The lowest BCUT2D eigenvalue weighted by Crippen LogP contribution is -2.16. The second-order valence-corrected chi connectivity index (χ2v) is 6.47. The Balaban J connectivity index is 2.38. The van der Waals surface area contributed by atoms with Crippen molar-refractivity contribution in [3.05, 3.63) is 40.2 Å². The Labute approximate surface area is 126 Å². The van der Waals surface area contributed by atoms with Crippen molar-refractivity contribution in [1.82, 2.24) is 10.2 Å². The van der Waals surface area contributed by atoms with E-state index < -0.39 is 15.9 Å². The van der Waals surface area contributed by atoms with Crippen molar-refractivity contribution in [3.63, 3.8) is 0 Å². The normalized spacial score (nSPS) is 11.4. The number of nitrogens with zero attached hydrogens (tertiary/aromatic N) is 1. The van der Waals surface area contributed by atoms with Crippen molar-refractivity contribution in [2.75, 3.05) is 5.32 Å². The summed E-state index contributed by atoms with van der Waals surface area (Å²) in [7, 11) is -3.86. The van der Waals surface area contributed by atoms with Crippen LogP contribution in [0.2, 0.25) is 5.02 Å². The molecule has 0 saturated carbocycles. The number of hydrogen-bond donors (Lipinski definition) is 3. The van der Waals surface area contributed by atoms with Gasteiger partial charge in [-0.25, -0.2) is 13.6 Å². The van der Waals surface area contributed by atoms with Crippen molar-refractivity contribution in [3.8, 4) is 0 Å². The van der Waals surface area contributed by atoms with E-state index in [9.17, 15) is 13.2 Å². The van der Waals surface area contributed by atoms with Crippen molar-refractivity contribution < 1.29 is 13.2 Å². The Kier molecular flexibility index (Phi) is 4.04. The zero-order valence-corrected chi connectivity index (χ0v) is 12.8. The summed E-state index contributed by atoms with van der Waals surface area (Å²) >= 11 is 6.03. The van der Waals surface area contributed by atoms with E-state index in [-0.39, 0.29) is 9.92 Å². The van der Waals surface area contributed by atoms with Crippen LogP contribution in [-0.4, -0.2) is 24.5 Å². The molecule has 4 N–H and O–H groups in total. The lowest BCUT2D eigenvalue weighted by molar-refractivity contribution is 0.102. The van der Waals surface area contributed by atoms with Crippen LogP contribution in [0.15, 0.2) is 23.2 Å². The first kappa shape index (κ1) is 15.5. The molecule has 1 heterocycles. The van der Waals surface area contributed by atoms with E-state index in [2.05, 4.69) is 15.5 Å². The zero-order chi connectivity index (χ0) is 15.8. The molecule has 0 atom stereocenters. The molecule has 0 aliphatic carbocycles. The number of hydrogen-bond acceptors (Lipinski definition) is 4. The number of aryl methyl sites for hydroxylation is 2. The summed E-state index contributed by atoms with van der Waals surface area (Å²) in [6.45, 7) is 3.33. The summed E-state index contributed by atoms with van der Waals surface area (Å²) in [5.41, 5.74) is 1.80. The van der Waals surface area contributed by atoms with Crippen molar-refractivity contribution >= 4 is 33.2 Å². The second kappa shape index (κ2) is 5.47. The van der Waals surface area contributed by atoms with Crippen LogP contribution in [0.3, 0.4) is 0 Å². The number of carbonyl (C=O) groups excluding carboxylic acids is 1. The number of aromatic nitrogens is 2.